The molecule has 30 heavy (non-hydrogen) atoms. The number of rotatable bonds is 6. The number of hydrogen-bond donors (Lipinski definition) is 2. The van der Waals surface area contributed by atoms with Crippen LogP contribution >= 0.6 is 18.1 Å². The van der Waals surface area contributed by atoms with Gasteiger partial charge in [-0.3, -0.25) is 18.9 Å². The number of nitrogens with zero attached hydrogens (tertiary/aromatic N) is 3. The van der Waals surface area contributed by atoms with E-state index in [-0.39, 0.29) is 6.61 Å². The molecule has 10 nitrogen and oxygen atoms in total. The zero-order chi connectivity index (χ0) is 21.1. The summed E-state index contributed by atoms with van der Waals surface area (Å²) >= 11 is 6.31. The predicted octanol–water partition coefficient (Wildman–Crippen LogP) is 0.947. The molecular formula is C18H29ClN5O5P. The highest BCUT2D eigenvalue weighted by molar-refractivity contribution is 7.83. The Hall–Kier alpha value is -1.00. The lowest BCUT2D eigenvalue weighted by Gasteiger charge is -2.38. The summed E-state index contributed by atoms with van der Waals surface area (Å²) in [5.74, 6) is 0. The Morgan fingerprint density at radius 1 is 1.17 bits per heavy atom. The van der Waals surface area contributed by atoms with Gasteiger partial charge < -0.3 is 19.5 Å². The molecule has 3 aliphatic rings. The van der Waals surface area contributed by atoms with Gasteiger partial charge in [0.2, 0.25) is 0 Å². The number of hydrogen-bond acceptors (Lipinski definition) is 7. The summed E-state index contributed by atoms with van der Waals surface area (Å²) in [6, 6.07) is 1.81. The Morgan fingerprint density at radius 3 is 2.60 bits per heavy atom. The smallest absolute Gasteiger partial charge is 0.350 e. The second kappa shape index (κ2) is 9.65. The molecule has 168 valence electrons. The van der Waals surface area contributed by atoms with Crippen LogP contribution in [0, 0.1) is 0 Å². The number of nitrogens with one attached hydrogen (secondary N) is 2. The van der Waals surface area contributed by atoms with Gasteiger partial charge in [-0.2, -0.15) is 0 Å². The molecule has 0 radical (unpaired) electrons. The van der Waals surface area contributed by atoms with Crippen molar-refractivity contribution in [1.29, 1.82) is 0 Å². The minimum absolute atomic E-state index is 0.0500. The second-order valence-electron chi connectivity index (χ2n) is 8.06. The van der Waals surface area contributed by atoms with Crippen LogP contribution < -0.4 is 16.6 Å². The summed E-state index contributed by atoms with van der Waals surface area (Å²) < 4.78 is 27.6. The first kappa shape index (κ1) is 22.2. The fraction of sp³-hybridized carbons (Fsp3) is 0.778. The maximum absolute atomic E-state index is 13.0. The van der Waals surface area contributed by atoms with Crippen LogP contribution in [0.3, 0.4) is 0 Å². The predicted molar refractivity (Wildman–Crippen MR) is 113 cm³/mol. The van der Waals surface area contributed by atoms with Crippen molar-refractivity contribution in [3.63, 3.8) is 0 Å². The third kappa shape index (κ3) is 5.24. The van der Waals surface area contributed by atoms with Crippen molar-refractivity contribution >= 4 is 18.1 Å². The van der Waals surface area contributed by atoms with E-state index in [0.717, 1.165) is 25.9 Å². The number of halogens is 1. The summed E-state index contributed by atoms with van der Waals surface area (Å²) in [5.41, 5.74) is -1.00. The monoisotopic (exact) mass is 461 g/mol. The molecule has 12 heteroatoms. The fourth-order valence-electron chi connectivity index (χ4n) is 4.42. The van der Waals surface area contributed by atoms with Crippen LogP contribution in [-0.4, -0.2) is 77.1 Å². The maximum atomic E-state index is 13.0. The molecule has 3 fully saturated rings. The van der Waals surface area contributed by atoms with Crippen molar-refractivity contribution < 1.29 is 13.8 Å². The summed E-state index contributed by atoms with van der Waals surface area (Å²) in [6.07, 6.45) is 4.79. The Kier molecular flexibility index (Phi) is 7.14. The molecule has 0 spiro atoms. The third-order valence-electron chi connectivity index (χ3n) is 6.06. The molecule has 0 amide bonds. The second-order valence-corrected chi connectivity index (χ2v) is 11.1. The zero-order valence-corrected chi connectivity index (χ0v) is 18.5. The van der Waals surface area contributed by atoms with Gasteiger partial charge in [-0.05, 0) is 50.0 Å². The van der Waals surface area contributed by atoms with Gasteiger partial charge in [-0.25, -0.2) is 9.46 Å². The molecule has 4 heterocycles. The van der Waals surface area contributed by atoms with Crippen LogP contribution in [0.25, 0.3) is 0 Å². The van der Waals surface area contributed by atoms with Gasteiger partial charge in [0.05, 0.1) is 12.7 Å². The molecule has 3 saturated heterocycles. The highest BCUT2D eigenvalue weighted by atomic mass is 35.7. The summed E-state index contributed by atoms with van der Waals surface area (Å²) in [5, 5.41) is 3.17. The van der Waals surface area contributed by atoms with E-state index >= 15 is 0 Å². The van der Waals surface area contributed by atoms with E-state index in [9.17, 15) is 14.2 Å². The first-order valence-corrected chi connectivity index (χ1v) is 13.0. The van der Waals surface area contributed by atoms with Crippen LogP contribution in [0.1, 0.15) is 31.9 Å². The van der Waals surface area contributed by atoms with Crippen molar-refractivity contribution in [2.24, 2.45) is 0 Å². The average molecular weight is 462 g/mol. The highest BCUT2D eigenvalue weighted by Crippen LogP contribution is 2.57. The maximum Gasteiger partial charge on any atom is 0.363 e. The lowest BCUT2D eigenvalue weighted by atomic mass is 10.1. The molecule has 3 atom stereocenters. The van der Waals surface area contributed by atoms with E-state index < -0.39 is 30.5 Å². The third-order valence-corrected chi connectivity index (χ3v) is 8.53. The lowest BCUT2D eigenvalue weighted by molar-refractivity contribution is -0.0934. The molecule has 1 aromatic rings. The zero-order valence-electron chi connectivity index (χ0n) is 16.9. The van der Waals surface area contributed by atoms with Gasteiger partial charge in [0.25, 0.3) is 5.56 Å². The van der Waals surface area contributed by atoms with E-state index in [1.165, 1.54) is 29.7 Å². The molecule has 0 bridgehead atoms. The quantitative estimate of drug-likeness (QED) is 0.603. The van der Waals surface area contributed by atoms with E-state index in [4.69, 9.17) is 20.5 Å². The minimum Gasteiger partial charge on any atom is -0.350 e. The number of H-pyrrole nitrogens is 1. The number of ether oxygens (including phenoxy) is 1. The van der Waals surface area contributed by atoms with Crippen molar-refractivity contribution in [3.8, 4) is 0 Å². The van der Waals surface area contributed by atoms with Gasteiger partial charge in [0.1, 0.15) is 0 Å². The minimum atomic E-state index is -3.44. The standard InChI is InChI=1S/C18H29ClN5O5P/c19-30(27,23-8-3-14(4-9-23)22-6-1-2-7-22)28-13-15-11-20-12-17(29-15)24-10-5-16(25)21-18(24)26/h5,10,14-15,17,20H,1-4,6-9,11-13H2,(H,21,25,26)/t15-,17+,30?/m0/s1. The van der Waals surface area contributed by atoms with E-state index in [2.05, 4.69) is 15.2 Å². The van der Waals surface area contributed by atoms with Crippen molar-refractivity contribution in [2.75, 3.05) is 45.9 Å². The van der Waals surface area contributed by atoms with Crippen molar-refractivity contribution in [3.05, 3.63) is 33.1 Å². The first-order chi connectivity index (χ1) is 14.4. The van der Waals surface area contributed by atoms with Crippen LogP contribution in [-0.2, 0) is 13.8 Å². The van der Waals surface area contributed by atoms with E-state index in [0.29, 0.717) is 32.2 Å². The Balaban J connectivity index is 1.28. The summed E-state index contributed by atoms with van der Waals surface area (Å²) in [4.78, 5) is 28.0. The number of morpholine rings is 1. The van der Waals surface area contributed by atoms with Gasteiger partial charge in [0, 0.05) is 44.5 Å². The fourth-order valence-corrected chi connectivity index (χ4v) is 6.27. The van der Waals surface area contributed by atoms with Crippen LogP contribution in [0.2, 0.25) is 0 Å². The van der Waals surface area contributed by atoms with Crippen molar-refractivity contribution in [1.82, 2.24) is 24.4 Å². The summed E-state index contributed by atoms with van der Waals surface area (Å²) in [7, 11) is 0. The Bertz CT molecular complexity index is 880. The Morgan fingerprint density at radius 2 is 1.90 bits per heavy atom. The van der Waals surface area contributed by atoms with E-state index in [1.54, 1.807) is 4.67 Å². The molecule has 2 N–H and O–H groups in total. The molecule has 1 unspecified atom stereocenters. The number of likely N-dealkylation sites (tertiary alicyclic amines) is 1. The SMILES string of the molecule is O=c1ccn([C@H]2CNC[C@@H](COP(=O)(Cl)N3CCC(N4CCCC4)CC3)O2)c(=O)[nH]1. The number of aromatic amines is 1. The van der Waals surface area contributed by atoms with Crippen LogP contribution in [0.4, 0.5) is 0 Å². The van der Waals surface area contributed by atoms with Crippen molar-refractivity contribution in [2.45, 2.75) is 44.1 Å². The van der Waals surface area contributed by atoms with E-state index in [1.807, 2.05) is 0 Å². The van der Waals surface area contributed by atoms with Crippen LogP contribution in [0.5, 0.6) is 0 Å². The Labute approximate surface area is 179 Å². The normalized spacial score (nSPS) is 29.1. The number of piperidine rings is 1. The topological polar surface area (TPSA) is 109 Å². The van der Waals surface area contributed by atoms with Crippen LogP contribution in [0.15, 0.2) is 21.9 Å². The first-order valence-electron chi connectivity index (χ1n) is 10.5. The van der Waals surface area contributed by atoms with Gasteiger partial charge in [0.15, 0.2) is 6.23 Å². The highest BCUT2D eigenvalue weighted by Gasteiger charge is 2.36. The van der Waals surface area contributed by atoms with Gasteiger partial charge >= 0.3 is 12.6 Å². The van der Waals surface area contributed by atoms with Gasteiger partial charge in [-0.1, -0.05) is 0 Å². The number of aromatic nitrogens is 2. The molecule has 4 rings (SSSR count). The molecular weight excluding hydrogens is 433 g/mol. The average Bonchev–Trinajstić information content (AvgIpc) is 3.28. The molecule has 0 aliphatic carbocycles. The van der Waals surface area contributed by atoms with Gasteiger partial charge in [-0.15, -0.1) is 0 Å². The molecule has 0 aromatic carbocycles. The molecule has 0 saturated carbocycles. The molecule has 1 aromatic heterocycles. The lowest BCUT2D eigenvalue weighted by Crippen LogP contribution is -2.47. The molecule has 3 aliphatic heterocycles. The summed E-state index contributed by atoms with van der Waals surface area (Å²) in [6.45, 7) is 1.13. The largest absolute Gasteiger partial charge is 0.363 e.